The second-order valence-corrected chi connectivity index (χ2v) is 12.2. The van der Waals surface area contributed by atoms with E-state index in [4.69, 9.17) is 0 Å². The van der Waals surface area contributed by atoms with Crippen molar-refractivity contribution in [1.82, 2.24) is 14.9 Å². The van der Waals surface area contributed by atoms with Crippen LogP contribution in [0.5, 0.6) is 0 Å². The molecule has 7 nitrogen and oxygen atoms in total. The topological polar surface area (TPSA) is 95.6 Å². The van der Waals surface area contributed by atoms with Crippen molar-refractivity contribution in [3.8, 4) is 0 Å². The van der Waals surface area contributed by atoms with Crippen molar-refractivity contribution in [2.24, 2.45) is 11.8 Å². The molecule has 2 aromatic rings. The predicted molar refractivity (Wildman–Crippen MR) is 142 cm³/mol. The minimum Gasteiger partial charge on any atom is -0.349 e. The number of sulfonamides is 1. The van der Waals surface area contributed by atoms with Crippen molar-refractivity contribution >= 4 is 32.6 Å². The van der Waals surface area contributed by atoms with E-state index >= 15 is 0 Å². The Kier molecular flexibility index (Phi) is 8.35. The number of hydrogen-bond donors (Lipinski definition) is 2. The van der Waals surface area contributed by atoms with Crippen molar-refractivity contribution in [2.75, 3.05) is 13.1 Å². The van der Waals surface area contributed by atoms with Crippen LogP contribution in [0.15, 0.2) is 41.3 Å². The number of nitrogens with zero attached hydrogens (tertiary/aromatic N) is 1. The molecular weight excluding hydrogens is 474 g/mol. The molecule has 1 aliphatic heterocycles. The second kappa shape index (κ2) is 11.3. The molecule has 0 aromatic heterocycles. The summed E-state index contributed by atoms with van der Waals surface area (Å²) < 4.78 is 29.7. The minimum atomic E-state index is -3.81. The second-order valence-electron chi connectivity index (χ2n) is 10.5. The Bertz CT molecular complexity index is 1200. The largest absolute Gasteiger partial charge is 0.349 e. The monoisotopic (exact) mass is 513 g/mol. The highest BCUT2D eigenvalue weighted by molar-refractivity contribution is 7.89. The molecule has 3 unspecified atom stereocenters. The lowest BCUT2D eigenvalue weighted by Gasteiger charge is -2.34. The summed E-state index contributed by atoms with van der Waals surface area (Å²) in [4.78, 5) is 27.4. The molecule has 2 fully saturated rings. The van der Waals surface area contributed by atoms with E-state index in [9.17, 15) is 18.0 Å². The van der Waals surface area contributed by atoms with Crippen LogP contribution in [0.25, 0.3) is 10.8 Å². The summed E-state index contributed by atoms with van der Waals surface area (Å²) in [6, 6.07) is 10.3. The molecule has 0 radical (unpaired) electrons. The highest BCUT2D eigenvalue weighted by atomic mass is 32.2. The maximum Gasteiger partial charge on any atom is 0.252 e. The first-order valence-corrected chi connectivity index (χ1v) is 14.8. The van der Waals surface area contributed by atoms with Gasteiger partial charge in [0, 0.05) is 42.5 Å². The van der Waals surface area contributed by atoms with Gasteiger partial charge in [-0.2, -0.15) is 0 Å². The van der Waals surface area contributed by atoms with E-state index in [1.807, 2.05) is 17.9 Å². The maximum atomic E-state index is 13.4. The van der Waals surface area contributed by atoms with Crippen molar-refractivity contribution < 1.29 is 18.0 Å². The van der Waals surface area contributed by atoms with Crippen LogP contribution < -0.4 is 10.0 Å². The molecule has 2 N–H and O–H groups in total. The van der Waals surface area contributed by atoms with E-state index in [0.717, 1.165) is 19.3 Å². The zero-order chi connectivity index (χ0) is 25.9. The Labute approximate surface area is 215 Å². The fourth-order valence-electron chi connectivity index (χ4n) is 5.65. The molecule has 8 heteroatoms. The van der Waals surface area contributed by atoms with Gasteiger partial charge in [-0.15, -0.1) is 0 Å². The van der Waals surface area contributed by atoms with Gasteiger partial charge in [-0.3, -0.25) is 9.59 Å². The Morgan fingerprint density at radius 1 is 0.972 bits per heavy atom. The summed E-state index contributed by atoms with van der Waals surface area (Å²) in [5.74, 6) is 0.950. The standard InChI is InChI=1S/C28H39N3O4S/c1-4-8-27(32)31-17-15-21(16-18-31)30-36(34,35)26-14-7-10-22-23(26)11-6-12-24(22)28(33)29-25-13-5-9-19(2)20(25)3/h6-7,10-12,14,19-21,25,30H,4-5,8-9,13,15-18H2,1-3H3,(H,29,33). The van der Waals surface area contributed by atoms with Crippen LogP contribution in [-0.2, 0) is 14.8 Å². The van der Waals surface area contributed by atoms with Crippen LogP contribution in [0.4, 0.5) is 0 Å². The van der Waals surface area contributed by atoms with Gasteiger partial charge in [0.2, 0.25) is 15.9 Å². The molecule has 1 aliphatic carbocycles. The molecular formula is C28H39N3O4S. The third kappa shape index (κ3) is 5.75. The summed E-state index contributed by atoms with van der Waals surface area (Å²) in [5, 5.41) is 4.39. The number of carbonyl (C=O) groups is 2. The molecule has 0 spiro atoms. The lowest BCUT2D eigenvalue weighted by atomic mass is 9.78. The Morgan fingerprint density at radius 2 is 1.67 bits per heavy atom. The van der Waals surface area contributed by atoms with Gasteiger partial charge in [-0.25, -0.2) is 13.1 Å². The smallest absolute Gasteiger partial charge is 0.252 e. The number of carbonyl (C=O) groups excluding carboxylic acids is 2. The molecule has 4 rings (SSSR count). The first-order valence-electron chi connectivity index (χ1n) is 13.3. The SMILES string of the molecule is CCCC(=O)N1CCC(NS(=O)(=O)c2cccc3c(C(=O)NC4CCCC(C)C4C)cccc23)CC1. The predicted octanol–water partition coefficient (Wildman–Crippen LogP) is 4.46. The normalized spacial score (nSPS) is 23.5. The van der Waals surface area contributed by atoms with E-state index in [0.29, 0.717) is 60.5 Å². The number of benzene rings is 2. The number of nitrogens with one attached hydrogen (secondary N) is 2. The van der Waals surface area contributed by atoms with Crippen LogP contribution in [0.1, 0.15) is 76.1 Å². The first-order chi connectivity index (χ1) is 17.2. The average molecular weight is 514 g/mol. The lowest BCUT2D eigenvalue weighted by molar-refractivity contribution is -0.132. The number of rotatable bonds is 7. The zero-order valence-corrected chi connectivity index (χ0v) is 22.4. The van der Waals surface area contributed by atoms with Gasteiger partial charge >= 0.3 is 0 Å². The van der Waals surface area contributed by atoms with Crippen LogP contribution in [-0.4, -0.2) is 50.3 Å². The molecule has 2 aromatic carbocycles. The Morgan fingerprint density at radius 3 is 2.39 bits per heavy atom. The molecule has 0 bridgehead atoms. The summed E-state index contributed by atoms with van der Waals surface area (Å²) in [5.41, 5.74) is 0.498. The molecule has 196 valence electrons. The third-order valence-electron chi connectivity index (χ3n) is 8.07. The average Bonchev–Trinajstić information content (AvgIpc) is 2.86. The molecule has 1 heterocycles. The van der Waals surface area contributed by atoms with Gasteiger partial charge < -0.3 is 10.2 Å². The van der Waals surface area contributed by atoms with Gasteiger partial charge in [-0.1, -0.05) is 57.9 Å². The summed E-state index contributed by atoms with van der Waals surface area (Å²) in [6.07, 6.45) is 5.77. The van der Waals surface area contributed by atoms with E-state index in [1.54, 1.807) is 30.3 Å². The summed E-state index contributed by atoms with van der Waals surface area (Å²) in [6.45, 7) is 7.53. The maximum absolute atomic E-state index is 13.4. The Balaban J connectivity index is 1.52. The van der Waals surface area contributed by atoms with Crippen molar-refractivity contribution in [2.45, 2.75) is 82.7 Å². The van der Waals surface area contributed by atoms with Gasteiger partial charge in [0.05, 0.1) is 4.90 Å². The van der Waals surface area contributed by atoms with Gasteiger partial charge in [0.25, 0.3) is 5.91 Å². The molecule has 1 saturated carbocycles. The number of amides is 2. The van der Waals surface area contributed by atoms with E-state index in [-0.39, 0.29) is 28.8 Å². The quantitative estimate of drug-likeness (QED) is 0.571. The number of piperidine rings is 1. The molecule has 3 atom stereocenters. The van der Waals surface area contributed by atoms with Crippen molar-refractivity contribution in [1.29, 1.82) is 0 Å². The Hall–Kier alpha value is -2.45. The highest BCUT2D eigenvalue weighted by Crippen LogP contribution is 2.31. The molecule has 36 heavy (non-hydrogen) atoms. The van der Waals surface area contributed by atoms with Gasteiger partial charge in [0.1, 0.15) is 0 Å². The fraction of sp³-hybridized carbons (Fsp3) is 0.571. The third-order valence-corrected chi connectivity index (χ3v) is 9.65. The van der Waals surface area contributed by atoms with Crippen LogP contribution >= 0.6 is 0 Å². The van der Waals surface area contributed by atoms with E-state index in [2.05, 4.69) is 23.9 Å². The van der Waals surface area contributed by atoms with E-state index < -0.39 is 10.0 Å². The van der Waals surface area contributed by atoms with Gasteiger partial charge in [0.15, 0.2) is 0 Å². The molecule has 1 saturated heterocycles. The van der Waals surface area contributed by atoms with Crippen molar-refractivity contribution in [3.63, 3.8) is 0 Å². The minimum absolute atomic E-state index is 0.125. The van der Waals surface area contributed by atoms with Crippen LogP contribution in [0.2, 0.25) is 0 Å². The van der Waals surface area contributed by atoms with Gasteiger partial charge in [-0.05, 0) is 55.0 Å². The lowest BCUT2D eigenvalue weighted by Crippen LogP contribution is -2.46. The number of hydrogen-bond acceptors (Lipinski definition) is 4. The number of likely N-dealkylation sites (tertiary alicyclic amines) is 1. The van der Waals surface area contributed by atoms with Crippen molar-refractivity contribution in [3.05, 3.63) is 42.0 Å². The molecule has 2 aliphatic rings. The number of fused-ring (bicyclic) bond motifs is 1. The fourth-order valence-corrected chi connectivity index (χ4v) is 7.17. The summed E-state index contributed by atoms with van der Waals surface area (Å²) in [7, 11) is -3.81. The summed E-state index contributed by atoms with van der Waals surface area (Å²) >= 11 is 0. The molecule has 2 amide bonds. The first kappa shape index (κ1) is 26.6. The highest BCUT2D eigenvalue weighted by Gasteiger charge is 2.30. The van der Waals surface area contributed by atoms with Crippen LogP contribution in [0, 0.1) is 11.8 Å². The van der Waals surface area contributed by atoms with Crippen LogP contribution in [0.3, 0.4) is 0 Å². The zero-order valence-electron chi connectivity index (χ0n) is 21.6. The van der Waals surface area contributed by atoms with E-state index in [1.165, 1.54) is 6.42 Å².